The summed E-state index contributed by atoms with van der Waals surface area (Å²) in [5.41, 5.74) is 1.27. The average molecular weight is 240 g/mol. The van der Waals surface area contributed by atoms with E-state index in [-0.39, 0.29) is 0 Å². The highest BCUT2D eigenvalue weighted by Gasteiger charge is 2.14. The summed E-state index contributed by atoms with van der Waals surface area (Å²) >= 11 is 4.50. The Labute approximate surface area is 105 Å². The molecule has 0 aromatic heterocycles. The Morgan fingerprint density at radius 2 is 1.69 bits per heavy atom. The quantitative estimate of drug-likeness (QED) is 0.736. The van der Waals surface area contributed by atoms with Gasteiger partial charge in [-0.05, 0) is 30.0 Å². The Bertz CT molecular complexity index is 267. The maximum absolute atomic E-state index is 9.19. The van der Waals surface area contributed by atoms with Crippen LogP contribution in [-0.2, 0) is 0 Å². The third-order valence-corrected chi connectivity index (χ3v) is 2.86. The number of aromatic hydroxyl groups is 1. The lowest BCUT2D eigenvalue weighted by Crippen LogP contribution is -2.09. The van der Waals surface area contributed by atoms with Crippen molar-refractivity contribution in [3.8, 4) is 5.75 Å². The van der Waals surface area contributed by atoms with Crippen LogP contribution >= 0.6 is 12.6 Å². The highest BCUT2D eigenvalue weighted by molar-refractivity contribution is 7.81. The Kier molecular flexibility index (Phi) is 8.18. The summed E-state index contributed by atoms with van der Waals surface area (Å²) in [5.74, 6) is 0.819. The molecule has 1 nitrogen and oxygen atoms in total. The summed E-state index contributed by atoms with van der Waals surface area (Å²) in [7, 11) is 0. The van der Waals surface area contributed by atoms with E-state index in [1.165, 1.54) is 5.56 Å². The summed E-state index contributed by atoms with van der Waals surface area (Å²) in [6, 6.07) is 7.47. The molecule has 0 spiro atoms. The lowest BCUT2D eigenvalue weighted by atomic mass is 9.92. The third kappa shape index (κ3) is 4.93. The van der Waals surface area contributed by atoms with Gasteiger partial charge in [-0.1, -0.05) is 46.2 Å². The molecule has 0 saturated heterocycles. The zero-order valence-electron chi connectivity index (χ0n) is 10.8. The summed E-state index contributed by atoms with van der Waals surface area (Å²) in [5, 5.41) is 9.55. The van der Waals surface area contributed by atoms with Crippen molar-refractivity contribution < 1.29 is 5.11 Å². The van der Waals surface area contributed by atoms with Crippen LogP contribution in [0.25, 0.3) is 0 Å². The zero-order chi connectivity index (χ0) is 12.6. The van der Waals surface area contributed by atoms with E-state index in [0.29, 0.717) is 16.9 Å². The maximum atomic E-state index is 9.19. The van der Waals surface area contributed by atoms with Gasteiger partial charge in [0, 0.05) is 5.25 Å². The molecule has 0 heterocycles. The molecule has 1 N–H and O–H groups in total. The molecule has 1 aromatic carbocycles. The van der Waals surface area contributed by atoms with E-state index < -0.39 is 0 Å². The second-order valence-electron chi connectivity index (χ2n) is 3.73. The molecule has 0 amide bonds. The topological polar surface area (TPSA) is 20.2 Å². The first-order valence-electron chi connectivity index (χ1n) is 6.12. The highest BCUT2D eigenvalue weighted by atomic mass is 32.1. The standard InChI is InChI=1S/C12H18OS.C2H6/c1-3-4-12(9(2)14)10-5-7-11(13)8-6-10;1-2/h5-9,12-14H,3-4H2,1-2H3;1-2H3. The number of hydrogen-bond acceptors (Lipinski definition) is 2. The predicted octanol–water partition coefficient (Wildman–Crippen LogP) is 4.62. The van der Waals surface area contributed by atoms with E-state index in [1.54, 1.807) is 12.1 Å². The highest BCUT2D eigenvalue weighted by Crippen LogP contribution is 2.28. The van der Waals surface area contributed by atoms with Gasteiger partial charge in [-0.3, -0.25) is 0 Å². The summed E-state index contributed by atoms with van der Waals surface area (Å²) in [6.45, 7) is 8.31. The van der Waals surface area contributed by atoms with Crippen molar-refractivity contribution in [3.05, 3.63) is 29.8 Å². The van der Waals surface area contributed by atoms with Crippen molar-refractivity contribution in [2.24, 2.45) is 0 Å². The van der Waals surface area contributed by atoms with Crippen LogP contribution in [0.5, 0.6) is 5.75 Å². The van der Waals surface area contributed by atoms with Crippen LogP contribution in [0.3, 0.4) is 0 Å². The number of hydrogen-bond donors (Lipinski definition) is 2. The van der Waals surface area contributed by atoms with E-state index in [4.69, 9.17) is 0 Å². The molecule has 92 valence electrons. The molecular weight excluding hydrogens is 216 g/mol. The summed E-state index contributed by atoms with van der Waals surface area (Å²) in [6.07, 6.45) is 2.31. The van der Waals surface area contributed by atoms with Crippen LogP contribution in [0.2, 0.25) is 0 Å². The fourth-order valence-electron chi connectivity index (χ4n) is 1.72. The Morgan fingerprint density at radius 1 is 1.19 bits per heavy atom. The van der Waals surface area contributed by atoms with Crippen LogP contribution in [0, 0.1) is 0 Å². The first-order chi connectivity index (χ1) is 7.65. The van der Waals surface area contributed by atoms with Gasteiger partial charge >= 0.3 is 0 Å². The lowest BCUT2D eigenvalue weighted by Gasteiger charge is -2.19. The van der Waals surface area contributed by atoms with Gasteiger partial charge in [0.25, 0.3) is 0 Å². The van der Waals surface area contributed by atoms with Crippen molar-refractivity contribution in [3.63, 3.8) is 0 Å². The number of rotatable bonds is 4. The molecule has 0 bridgehead atoms. The van der Waals surface area contributed by atoms with Gasteiger partial charge in [0.1, 0.15) is 5.75 Å². The van der Waals surface area contributed by atoms with Gasteiger partial charge in [-0.2, -0.15) is 12.6 Å². The second-order valence-corrected chi connectivity index (χ2v) is 4.54. The van der Waals surface area contributed by atoms with E-state index in [0.717, 1.165) is 12.8 Å². The first-order valence-corrected chi connectivity index (χ1v) is 6.63. The lowest BCUT2D eigenvalue weighted by molar-refractivity contribution is 0.474. The molecule has 1 rings (SSSR count). The van der Waals surface area contributed by atoms with Gasteiger partial charge < -0.3 is 5.11 Å². The molecule has 0 aliphatic rings. The summed E-state index contributed by atoms with van der Waals surface area (Å²) in [4.78, 5) is 0. The number of phenols is 1. The van der Waals surface area contributed by atoms with Crippen LogP contribution in [-0.4, -0.2) is 10.4 Å². The molecule has 16 heavy (non-hydrogen) atoms. The molecule has 2 heteroatoms. The largest absolute Gasteiger partial charge is 0.508 e. The van der Waals surface area contributed by atoms with Gasteiger partial charge in [-0.15, -0.1) is 0 Å². The Hall–Kier alpha value is -0.630. The Balaban J connectivity index is 0.00000106. The van der Waals surface area contributed by atoms with Crippen molar-refractivity contribution in [1.29, 1.82) is 0 Å². The minimum Gasteiger partial charge on any atom is -0.508 e. The maximum Gasteiger partial charge on any atom is 0.115 e. The number of thiol groups is 1. The van der Waals surface area contributed by atoms with Crippen LogP contribution < -0.4 is 0 Å². The monoisotopic (exact) mass is 240 g/mol. The molecule has 2 atom stereocenters. The van der Waals surface area contributed by atoms with Crippen LogP contribution in [0.15, 0.2) is 24.3 Å². The molecule has 0 aliphatic carbocycles. The van der Waals surface area contributed by atoms with E-state index in [2.05, 4.69) is 26.5 Å². The fourth-order valence-corrected chi connectivity index (χ4v) is 2.04. The van der Waals surface area contributed by atoms with Crippen LogP contribution in [0.1, 0.15) is 52.0 Å². The number of benzene rings is 1. The minimum atomic E-state index is 0.329. The minimum absolute atomic E-state index is 0.329. The molecule has 0 aliphatic heterocycles. The Morgan fingerprint density at radius 3 is 2.06 bits per heavy atom. The molecule has 2 unspecified atom stereocenters. The van der Waals surface area contributed by atoms with Crippen molar-refractivity contribution in [2.45, 2.75) is 51.7 Å². The van der Waals surface area contributed by atoms with Crippen molar-refractivity contribution >= 4 is 12.6 Å². The second kappa shape index (κ2) is 8.51. The molecule has 0 radical (unpaired) electrons. The fraction of sp³-hybridized carbons (Fsp3) is 0.571. The van der Waals surface area contributed by atoms with E-state index >= 15 is 0 Å². The number of phenolic OH excluding ortho intramolecular Hbond substituents is 1. The third-order valence-electron chi connectivity index (χ3n) is 2.50. The van der Waals surface area contributed by atoms with E-state index in [1.807, 2.05) is 26.0 Å². The van der Waals surface area contributed by atoms with Crippen molar-refractivity contribution in [2.75, 3.05) is 0 Å². The first kappa shape index (κ1) is 15.4. The van der Waals surface area contributed by atoms with Crippen molar-refractivity contribution in [1.82, 2.24) is 0 Å². The van der Waals surface area contributed by atoms with Gasteiger partial charge in [-0.25, -0.2) is 0 Å². The normalized spacial score (nSPS) is 13.6. The molecule has 0 saturated carbocycles. The average Bonchev–Trinajstić information content (AvgIpc) is 2.30. The van der Waals surface area contributed by atoms with Gasteiger partial charge in [0.05, 0.1) is 0 Å². The smallest absolute Gasteiger partial charge is 0.115 e. The molecule has 1 aromatic rings. The summed E-state index contributed by atoms with van der Waals surface area (Å²) < 4.78 is 0. The van der Waals surface area contributed by atoms with Gasteiger partial charge in [0.15, 0.2) is 0 Å². The van der Waals surface area contributed by atoms with Gasteiger partial charge in [0.2, 0.25) is 0 Å². The SMILES string of the molecule is CC.CCCC(c1ccc(O)cc1)C(C)S. The van der Waals surface area contributed by atoms with Crippen LogP contribution in [0.4, 0.5) is 0 Å². The zero-order valence-corrected chi connectivity index (χ0v) is 11.7. The molecular formula is C14H24OS. The molecule has 0 fully saturated rings. The van der Waals surface area contributed by atoms with E-state index in [9.17, 15) is 5.11 Å². The predicted molar refractivity (Wildman–Crippen MR) is 75.6 cm³/mol.